The number of aryl methyl sites for hydroxylation is 2. The van der Waals surface area contributed by atoms with Crippen LogP contribution in [0.5, 0.6) is 0 Å². The lowest BCUT2D eigenvalue weighted by molar-refractivity contribution is -0.137. The van der Waals surface area contributed by atoms with Crippen molar-refractivity contribution >= 4 is 27.5 Å². The van der Waals surface area contributed by atoms with Gasteiger partial charge in [-0.3, -0.25) is 4.68 Å². The molecule has 0 unspecified atom stereocenters. The fourth-order valence-electron chi connectivity index (χ4n) is 2.77. The third kappa shape index (κ3) is 3.83. The van der Waals surface area contributed by atoms with Crippen LogP contribution >= 0.6 is 0 Å². The van der Waals surface area contributed by atoms with E-state index >= 15 is 0 Å². The quantitative estimate of drug-likeness (QED) is 0.790. The van der Waals surface area contributed by atoms with Gasteiger partial charge in [0.25, 0.3) is 0 Å². The van der Waals surface area contributed by atoms with Gasteiger partial charge in [-0.05, 0) is 13.8 Å². The summed E-state index contributed by atoms with van der Waals surface area (Å²) in [5, 5.41) is 7.13. The lowest BCUT2D eigenvalue weighted by Crippen LogP contribution is -2.50. The number of nitrogens with one attached hydrogen (secondary N) is 1. The number of hydrogen-bond donors (Lipinski definition) is 2. The first kappa shape index (κ1) is 19.4. The van der Waals surface area contributed by atoms with E-state index in [0.717, 1.165) is 6.26 Å². The highest BCUT2D eigenvalue weighted by atomic mass is 32.2. The van der Waals surface area contributed by atoms with E-state index < -0.39 is 27.6 Å². The van der Waals surface area contributed by atoms with Gasteiger partial charge in [0.1, 0.15) is 11.4 Å². The van der Waals surface area contributed by atoms with Crippen molar-refractivity contribution in [3.63, 3.8) is 0 Å². The van der Waals surface area contributed by atoms with Gasteiger partial charge in [0.15, 0.2) is 0 Å². The summed E-state index contributed by atoms with van der Waals surface area (Å²) in [6, 6.07) is -0.116. The molecule has 3 rings (SSSR count). The second-order valence-corrected chi connectivity index (χ2v) is 8.34. The second kappa shape index (κ2) is 6.34. The summed E-state index contributed by atoms with van der Waals surface area (Å²) < 4.78 is 64.7. The van der Waals surface area contributed by atoms with E-state index in [1.165, 1.54) is 11.2 Å². The van der Waals surface area contributed by atoms with Crippen LogP contribution in [-0.4, -0.2) is 51.8 Å². The number of nitrogen functional groups attached to an aromatic ring is 1. The van der Waals surface area contributed by atoms with Gasteiger partial charge >= 0.3 is 6.18 Å². The first-order valence-electron chi connectivity index (χ1n) is 7.85. The van der Waals surface area contributed by atoms with E-state index in [0.29, 0.717) is 24.5 Å². The van der Waals surface area contributed by atoms with E-state index in [1.54, 1.807) is 17.8 Å². The Morgan fingerprint density at radius 3 is 2.37 bits per heavy atom. The maximum atomic E-state index is 12.9. The lowest BCUT2D eigenvalue weighted by Gasteiger charge is -2.36. The van der Waals surface area contributed by atoms with Crippen LogP contribution in [0.1, 0.15) is 23.0 Å². The van der Waals surface area contributed by atoms with E-state index in [1.807, 2.05) is 0 Å². The molecule has 1 aliphatic rings. The number of rotatable bonds is 4. The third-order valence-corrected chi connectivity index (χ3v) is 5.47. The second-order valence-electron chi connectivity index (χ2n) is 6.36. The average Bonchev–Trinajstić information content (AvgIpc) is 2.73. The molecule has 0 aromatic carbocycles. The Hall–Kier alpha value is -2.41. The summed E-state index contributed by atoms with van der Waals surface area (Å²) in [4.78, 5) is 7.50. The Bertz CT molecular complexity index is 958. The molecule has 0 aliphatic carbocycles. The molecule has 2 aromatic heterocycles. The van der Waals surface area contributed by atoms with Crippen LogP contribution in [-0.2, 0) is 16.2 Å². The fraction of sp³-hybridized carbons (Fsp3) is 0.500. The van der Waals surface area contributed by atoms with Gasteiger partial charge in [0.2, 0.25) is 16.0 Å². The van der Waals surface area contributed by atoms with Crippen molar-refractivity contribution in [2.45, 2.75) is 26.1 Å². The van der Waals surface area contributed by atoms with Crippen molar-refractivity contribution in [2.75, 3.05) is 30.4 Å². The molecule has 0 amide bonds. The van der Waals surface area contributed by atoms with Gasteiger partial charge in [-0.1, -0.05) is 0 Å². The van der Waals surface area contributed by atoms with Crippen LogP contribution in [0.15, 0.2) is 6.20 Å². The minimum Gasteiger partial charge on any atom is -0.383 e. The van der Waals surface area contributed by atoms with Crippen LogP contribution in [0.3, 0.4) is 0 Å². The van der Waals surface area contributed by atoms with E-state index in [-0.39, 0.29) is 17.7 Å². The molecular weight excluding hydrogens is 387 g/mol. The number of anilines is 3. The molecule has 148 valence electrons. The minimum absolute atomic E-state index is 0.0768. The summed E-state index contributed by atoms with van der Waals surface area (Å²) in [7, 11) is -3.23. The minimum atomic E-state index is -4.64. The zero-order chi connectivity index (χ0) is 20.1. The Kier molecular flexibility index (Phi) is 4.54. The number of sulfonamides is 1. The van der Waals surface area contributed by atoms with Crippen LogP contribution in [0.25, 0.3) is 0 Å². The molecule has 13 heteroatoms. The van der Waals surface area contributed by atoms with Gasteiger partial charge in [-0.15, -0.1) is 0 Å². The molecule has 0 spiro atoms. The molecule has 2 aromatic rings. The Labute approximate surface area is 153 Å². The van der Waals surface area contributed by atoms with Crippen LogP contribution in [0, 0.1) is 13.8 Å². The predicted octanol–water partition coefficient (Wildman–Crippen LogP) is 1.45. The van der Waals surface area contributed by atoms with Gasteiger partial charge < -0.3 is 11.1 Å². The predicted molar refractivity (Wildman–Crippen MR) is 91.9 cm³/mol. The number of halogens is 3. The normalized spacial score (nSPS) is 16.4. The zero-order valence-corrected chi connectivity index (χ0v) is 15.6. The summed E-state index contributed by atoms with van der Waals surface area (Å²) >= 11 is 0. The summed E-state index contributed by atoms with van der Waals surface area (Å²) in [5.74, 6) is -0.739. The molecule has 0 saturated carbocycles. The SMILES string of the molecule is Cc1nn(C2CN(S(C)(=O)=O)C2)cc1Nc1nc(C)c(C(F)(F)F)c(N)n1. The van der Waals surface area contributed by atoms with E-state index in [2.05, 4.69) is 20.4 Å². The highest BCUT2D eigenvalue weighted by Gasteiger charge is 2.37. The average molecular weight is 405 g/mol. The van der Waals surface area contributed by atoms with Crippen LogP contribution in [0.2, 0.25) is 0 Å². The summed E-state index contributed by atoms with van der Waals surface area (Å²) in [5.41, 5.74) is 5.15. The standard InChI is InChI=1S/C14H18F3N7O2S/c1-7-10(6-24(22-7)9-4-23(5-9)27(3,25)26)20-13-19-8(2)11(12(18)21-13)14(15,16)17/h6,9H,4-5H2,1-3H3,(H3,18,19,20,21). The smallest absolute Gasteiger partial charge is 0.383 e. The Balaban J connectivity index is 1.79. The molecule has 27 heavy (non-hydrogen) atoms. The van der Waals surface area contributed by atoms with Crippen molar-refractivity contribution in [2.24, 2.45) is 0 Å². The zero-order valence-electron chi connectivity index (χ0n) is 14.7. The summed E-state index contributed by atoms with van der Waals surface area (Å²) in [6.07, 6.45) is -1.87. The van der Waals surface area contributed by atoms with E-state index in [9.17, 15) is 21.6 Å². The van der Waals surface area contributed by atoms with Gasteiger partial charge in [0.05, 0.1) is 29.4 Å². The number of alkyl halides is 3. The largest absolute Gasteiger partial charge is 0.421 e. The lowest BCUT2D eigenvalue weighted by atomic mass is 10.2. The number of nitrogens with zero attached hydrogens (tertiary/aromatic N) is 5. The van der Waals surface area contributed by atoms with Crippen molar-refractivity contribution < 1.29 is 21.6 Å². The Morgan fingerprint density at radius 1 is 1.22 bits per heavy atom. The third-order valence-electron chi connectivity index (χ3n) is 4.24. The Morgan fingerprint density at radius 2 is 1.85 bits per heavy atom. The van der Waals surface area contributed by atoms with Gasteiger partial charge in [-0.2, -0.15) is 27.6 Å². The first-order chi connectivity index (χ1) is 12.4. The monoisotopic (exact) mass is 405 g/mol. The summed E-state index contributed by atoms with van der Waals surface area (Å²) in [6.45, 7) is 3.52. The first-order valence-corrected chi connectivity index (χ1v) is 9.70. The van der Waals surface area contributed by atoms with Crippen molar-refractivity contribution in [3.8, 4) is 0 Å². The molecule has 1 saturated heterocycles. The molecule has 0 radical (unpaired) electrons. The molecule has 0 bridgehead atoms. The van der Waals surface area contributed by atoms with Crippen LogP contribution in [0.4, 0.5) is 30.6 Å². The molecule has 1 aliphatic heterocycles. The highest BCUT2D eigenvalue weighted by Crippen LogP contribution is 2.35. The molecule has 3 heterocycles. The topological polar surface area (TPSA) is 119 Å². The van der Waals surface area contributed by atoms with Crippen molar-refractivity contribution in [3.05, 3.63) is 23.1 Å². The molecule has 9 nitrogen and oxygen atoms in total. The van der Waals surface area contributed by atoms with Crippen LogP contribution < -0.4 is 11.1 Å². The molecule has 3 N–H and O–H groups in total. The molecule has 1 fully saturated rings. The maximum absolute atomic E-state index is 12.9. The van der Waals surface area contributed by atoms with Gasteiger partial charge in [-0.25, -0.2) is 13.4 Å². The van der Waals surface area contributed by atoms with Gasteiger partial charge in [0, 0.05) is 19.3 Å². The maximum Gasteiger partial charge on any atom is 0.421 e. The number of nitrogens with two attached hydrogens (primary N) is 1. The van der Waals surface area contributed by atoms with Crippen molar-refractivity contribution in [1.29, 1.82) is 0 Å². The molecule has 0 atom stereocenters. The molecular formula is C14H18F3N7O2S. The van der Waals surface area contributed by atoms with Crippen molar-refractivity contribution in [1.82, 2.24) is 24.1 Å². The van der Waals surface area contributed by atoms with E-state index in [4.69, 9.17) is 5.73 Å². The highest BCUT2D eigenvalue weighted by molar-refractivity contribution is 7.88. The number of hydrogen-bond acceptors (Lipinski definition) is 7. The number of aromatic nitrogens is 4. The fourth-order valence-corrected chi connectivity index (χ4v) is 3.65.